The van der Waals surface area contributed by atoms with Crippen molar-refractivity contribution >= 4 is 23.1 Å². The molecule has 7 nitrogen and oxygen atoms in total. The maximum atomic E-state index is 10.8. The van der Waals surface area contributed by atoms with Crippen molar-refractivity contribution in [1.29, 1.82) is 0 Å². The molecule has 0 aromatic carbocycles. The Balaban J connectivity index is 2.74. The van der Waals surface area contributed by atoms with Crippen LogP contribution in [0.3, 0.4) is 0 Å². The molecule has 18 heavy (non-hydrogen) atoms. The summed E-state index contributed by atoms with van der Waals surface area (Å²) in [5.41, 5.74) is -0.172. The van der Waals surface area contributed by atoms with Crippen molar-refractivity contribution in [3.05, 3.63) is 27.4 Å². The Labute approximate surface area is 109 Å². The summed E-state index contributed by atoms with van der Waals surface area (Å²) < 4.78 is 10.1. The van der Waals surface area contributed by atoms with Crippen LogP contribution in [0.25, 0.3) is 0 Å². The lowest BCUT2D eigenvalue weighted by Crippen LogP contribution is -2.27. The molecular weight excluding hydrogens is 262 g/mol. The van der Waals surface area contributed by atoms with Crippen molar-refractivity contribution in [1.82, 2.24) is 4.98 Å². The average molecular weight is 276 g/mol. The van der Waals surface area contributed by atoms with Gasteiger partial charge in [0.1, 0.15) is 0 Å². The zero-order valence-corrected chi connectivity index (χ0v) is 10.8. The highest BCUT2D eigenvalue weighted by Gasteiger charge is 2.17. The molecule has 0 aliphatic heterocycles. The van der Waals surface area contributed by atoms with E-state index < -0.39 is 4.92 Å². The highest BCUT2D eigenvalue weighted by molar-refractivity contribution is 6.30. The number of nitro groups is 1. The lowest BCUT2D eigenvalue weighted by atomic mass is 10.3. The minimum Gasteiger partial charge on any atom is -0.382 e. The van der Waals surface area contributed by atoms with Crippen LogP contribution in [0.5, 0.6) is 0 Å². The van der Waals surface area contributed by atoms with Gasteiger partial charge in [-0.3, -0.25) is 10.1 Å². The molecule has 0 saturated heterocycles. The van der Waals surface area contributed by atoms with Crippen LogP contribution in [-0.2, 0) is 9.47 Å². The first-order chi connectivity index (χ1) is 8.58. The van der Waals surface area contributed by atoms with Gasteiger partial charge in [-0.1, -0.05) is 11.6 Å². The summed E-state index contributed by atoms with van der Waals surface area (Å²) in [5.74, 6) is 0.155. The molecule has 0 aliphatic carbocycles. The van der Waals surface area contributed by atoms with E-state index in [9.17, 15) is 10.1 Å². The molecule has 1 rings (SSSR count). The van der Waals surface area contributed by atoms with Crippen LogP contribution >= 0.6 is 11.6 Å². The van der Waals surface area contributed by atoms with Crippen molar-refractivity contribution in [2.24, 2.45) is 0 Å². The molecule has 0 amide bonds. The fraction of sp³-hybridized carbons (Fsp3) is 0.500. The zero-order chi connectivity index (χ0) is 13.5. The molecule has 0 fully saturated rings. The molecule has 0 saturated carbocycles. The fourth-order valence-corrected chi connectivity index (χ4v) is 1.46. The van der Waals surface area contributed by atoms with Crippen LogP contribution in [0.1, 0.15) is 0 Å². The van der Waals surface area contributed by atoms with Gasteiger partial charge in [-0.05, 0) is 0 Å². The lowest BCUT2D eigenvalue weighted by molar-refractivity contribution is -0.384. The summed E-state index contributed by atoms with van der Waals surface area (Å²) in [6.45, 7) is 0.727. The van der Waals surface area contributed by atoms with Gasteiger partial charge in [0.15, 0.2) is 0 Å². The third kappa shape index (κ3) is 4.10. The number of methoxy groups -OCH3 is 2. The zero-order valence-electron chi connectivity index (χ0n) is 10.1. The predicted molar refractivity (Wildman–Crippen MR) is 67.1 cm³/mol. The van der Waals surface area contributed by atoms with Gasteiger partial charge in [-0.15, -0.1) is 0 Å². The first kappa shape index (κ1) is 14.6. The van der Waals surface area contributed by atoms with Gasteiger partial charge < -0.3 is 14.8 Å². The van der Waals surface area contributed by atoms with Gasteiger partial charge in [0.05, 0.1) is 22.7 Å². The number of ether oxygens (including phenoxy) is 2. The molecule has 1 unspecified atom stereocenters. The molecule has 0 radical (unpaired) electrons. The molecule has 0 aliphatic rings. The number of aromatic nitrogens is 1. The number of hydrogen-bond acceptors (Lipinski definition) is 6. The summed E-state index contributed by atoms with van der Waals surface area (Å²) in [5, 5.41) is 13.9. The van der Waals surface area contributed by atoms with E-state index in [4.69, 9.17) is 21.1 Å². The van der Waals surface area contributed by atoms with E-state index in [2.05, 4.69) is 10.3 Å². The third-order valence-corrected chi connectivity index (χ3v) is 2.42. The normalized spacial score (nSPS) is 12.2. The Morgan fingerprint density at radius 2 is 2.33 bits per heavy atom. The van der Waals surface area contributed by atoms with E-state index >= 15 is 0 Å². The maximum Gasteiger partial charge on any atom is 0.312 e. The monoisotopic (exact) mass is 275 g/mol. The molecule has 100 valence electrons. The molecule has 1 aromatic rings. The number of rotatable bonds is 7. The molecule has 1 N–H and O–H groups in total. The van der Waals surface area contributed by atoms with E-state index in [1.54, 1.807) is 7.11 Å². The number of anilines is 1. The number of pyridine rings is 1. The second kappa shape index (κ2) is 7.10. The second-order valence-corrected chi connectivity index (χ2v) is 3.91. The number of nitrogens with one attached hydrogen (secondary N) is 1. The first-order valence-corrected chi connectivity index (χ1v) is 5.51. The number of nitrogens with zero attached hydrogens (tertiary/aromatic N) is 2. The molecule has 1 atom stereocenters. The van der Waals surface area contributed by atoms with Crippen molar-refractivity contribution in [3.63, 3.8) is 0 Å². The Morgan fingerprint density at radius 3 is 2.89 bits per heavy atom. The van der Waals surface area contributed by atoms with Gasteiger partial charge in [0.25, 0.3) is 0 Å². The predicted octanol–water partition coefficient (Wildman–Crippen LogP) is 1.72. The van der Waals surface area contributed by atoms with Crippen LogP contribution in [0, 0.1) is 10.1 Å². The number of hydrogen-bond donors (Lipinski definition) is 1. The first-order valence-electron chi connectivity index (χ1n) is 5.14. The largest absolute Gasteiger partial charge is 0.382 e. The van der Waals surface area contributed by atoms with E-state index in [-0.39, 0.29) is 22.6 Å². The third-order valence-electron chi connectivity index (χ3n) is 2.21. The van der Waals surface area contributed by atoms with Crippen molar-refractivity contribution in [2.75, 3.05) is 32.7 Å². The molecule has 8 heteroatoms. The highest BCUT2D eigenvalue weighted by Crippen LogP contribution is 2.24. The molecule has 1 aromatic heterocycles. The summed E-state index contributed by atoms with van der Waals surface area (Å²) in [6.07, 6.45) is 1.13. The van der Waals surface area contributed by atoms with Gasteiger partial charge in [-0.25, -0.2) is 4.98 Å². The topological polar surface area (TPSA) is 86.5 Å². The molecule has 0 bridgehead atoms. The van der Waals surface area contributed by atoms with E-state index in [0.717, 1.165) is 0 Å². The quantitative estimate of drug-likeness (QED) is 0.602. The van der Waals surface area contributed by atoms with Crippen molar-refractivity contribution in [2.45, 2.75) is 6.10 Å². The standard InChI is InChI=1S/C10H14ClN3O4/c1-17-6-8(18-2)5-13-10-9(14(15)16)3-7(11)4-12-10/h3-4,8H,5-6H2,1-2H3,(H,12,13). The second-order valence-electron chi connectivity index (χ2n) is 3.47. The highest BCUT2D eigenvalue weighted by atomic mass is 35.5. The van der Waals surface area contributed by atoms with Crippen LogP contribution in [0.15, 0.2) is 12.3 Å². The Morgan fingerprint density at radius 1 is 1.61 bits per heavy atom. The summed E-state index contributed by atoms with van der Waals surface area (Å²) in [6, 6.07) is 1.25. The van der Waals surface area contributed by atoms with Gasteiger partial charge >= 0.3 is 5.69 Å². The summed E-state index contributed by atoms with van der Waals surface area (Å²) in [4.78, 5) is 14.2. The summed E-state index contributed by atoms with van der Waals surface area (Å²) >= 11 is 5.66. The fourth-order valence-electron chi connectivity index (χ4n) is 1.31. The van der Waals surface area contributed by atoms with Crippen LogP contribution in [0.4, 0.5) is 11.5 Å². The van der Waals surface area contributed by atoms with E-state index in [1.165, 1.54) is 19.4 Å². The van der Waals surface area contributed by atoms with Crippen molar-refractivity contribution in [3.8, 4) is 0 Å². The number of halogens is 1. The molecular formula is C10H14ClN3O4. The average Bonchev–Trinajstić information content (AvgIpc) is 2.35. The summed E-state index contributed by atoms with van der Waals surface area (Å²) in [7, 11) is 3.09. The van der Waals surface area contributed by atoms with E-state index in [1.807, 2.05) is 0 Å². The Hall–Kier alpha value is -1.44. The molecule has 0 spiro atoms. The SMILES string of the molecule is COCC(CNc1ncc(Cl)cc1[N+](=O)[O-])OC. The van der Waals surface area contributed by atoms with Crippen LogP contribution in [0.2, 0.25) is 5.02 Å². The van der Waals surface area contributed by atoms with Gasteiger partial charge in [-0.2, -0.15) is 0 Å². The minimum atomic E-state index is -0.542. The van der Waals surface area contributed by atoms with Gasteiger partial charge in [0.2, 0.25) is 5.82 Å². The minimum absolute atomic E-state index is 0.155. The smallest absolute Gasteiger partial charge is 0.312 e. The Bertz CT molecular complexity index is 416. The lowest BCUT2D eigenvalue weighted by Gasteiger charge is -2.15. The molecule has 1 heterocycles. The van der Waals surface area contributed by atoms with Crippen LogP contribution < -0.4 is 5.32 Å². The van der Waals surface area contributed by atoms with Gasteiger partial charge in [0, 0.05) is 33.0 Å². The van der Waals surface area contributed by atoms with Crippen LogP contribution in [-0.4, -0.2) is 43.4 Å². The maximum absolute atomic E-state index is 10.8. The van der Waals surface area contributed by atoms with E-state index in [0.29, 0.717) is 13.2 Å². The van der Waals surface area contributed by atoms with Crippen molar-refractivity contribution < 1.29 is 14.4 Å². The Kier molecular flexibility index (Phi) is 5.76.